The molecule has 1 aliphatic rings. The van der Waals surface area contributed by atoms with Gasteiger partial charge in [0.2, 0.25) is 0 Å². The number of hydrogen-bond acceptors (Lipinski definition) is 3. The smallest absolute Gasteiger partial charge is 0.0512 e. The lowest BCUT2D eigenvalue weighted by atomic mass is 10.2. The van der Waals surface area contributed by atoms with Gasteiger partial charge >= 0.3 is 0 Å². The highest BCUT2D eigenvalue weighted by Gasteiger charge is 2.06. The quantitative estimate of drug-likeness (QED) is 0.466. The van der Waals surface area contributed by atoms with Gasteiger partial charge in [-0.2, -0.15) is 5.10 Å². The molecule has 1 unspecified atom stereocenters. The predicted molar refractivity (Wildman–Crippen MR) is 33.7 cm³/mol. The molecule has 0 aromatic carbocycles. The van der Waals surface area contributed by atoms with Gasteiger partial charge in [0.1, 0.15) is 0 Å². The fraction of sp³-hybridized carbons (Fsp3) is 0.800. The fourth-order valence-electron chi connectivity index (χ4n) is 0.783. The number of nitrogens with zero attached hydrogens (tertiary/aromatic N) is 2. The van der Waals surface area contributed by atoms with Crippen LogP contribution in [0.15, 0.2) is 5.10 Å². The molecule has 3 nitrogen and oxygen atoms in total. The van der Waals surface area contributed by atoms with Crippen LogP contribution in [0.2, 0.25) is 0 Å². The van der Waals surface area contributed by atoms with E-state index >= 15 is 0 Å². The van der Waals surface area contributed by atoms with E-state index in [2.05, 4.69) is 5.10 Å². The number of likely N-dealkylation sites (N-methyl/N-ethyl adjacent to an activating group) is 1. The zero-order valence-electron chi connectivity index (χ0n) is 5.04. The Morgan fingerprint density at radius 1 is 1.88 bits per heavy atom. The lowest BCUT2D eigenvalue weighted by Gasteiger charge is -2.21. The summed E-state index contributed by atoms with van der Waals surface area (Å²) in [5.41, 5.74) is 5.59. The molecule has 0 spiro atoms. The molecule has 1 rings (SSSR count). The summed E-state index contributed by atoms with van der Waals surface area (Å²) in [4.78, 5) is 0. The lowest BCUT2D eigenvalue weighted by Crippen LogP contribution is -2.36. The number of hydrogen-bond donors (Lipinski definition) is 1. The van der Waals surface area contributed by atoms with E-state index in [9.17, 15) is 0 Å². The third-order valence-electron chi connectivity index (χ3n) is 1.19. The Bertz CT molecular complexity index is 99.8. The summed E-state index contributed by atoms with van der Waals surface area (Å²) in [6, 6.07) is 0.289. The summed E-state index contributed by atoms with van der Waals surface area (Å²) in [6.07, 6.45) is 2.78. The minimum atomic E-state index is 0.289. The Morgan fingerprint density at radius 2 is 2.62 bits per heavy atom. The first kappa shape index (κ1) is 5.56. The second-order valence-electron chi connectivity index (χ2n) is 2.13. The highest BCUT2D eigenvalue weighted by atomic mass is 15.4. The fourth-order valence-corrected chi connectivity index (χ4v) is 0.783. The van der Waals surface area contributed by atoms with Crippen molar-refractivity contribution in [1.82, 2.24) is 5.01 Å². The van der Waals surface area contributed by atoms with Gasteiger partial charge in [-0.15, -0.1) is 0 Å². The van der Waals surface area contributed by atoms with Crippen molar-refractivity contribution in [3.8, 4) is 0 Å². The van der Waals surface area contributed by atoms with Gasteiger partial charge in [-0.25, -0.2) is 0 Å². The van der Waals surface area contributed by atoms with E-state index in [1.165, 1.54) is 0 Å². The molecule has 46 valence electrons. The van der Waals surface area contributed by atoms with E-state index in [1.807, 2.05) is 18.3 Å². The van der Waals surface area contributed by atoms with Crippen LogP contribution in [0.25, 0.3) is 0 Å². The Hall–Kier alpha value is -0.570. The summed E-state index contributed by atoms with van der Waals surface area (Å²) in [5.74, 6) is 0. The standard InChI is InChI=1S/C5H11N3/c1-8-4-5(6)2-3-7-8/h3,5H,2,4,6H2,1H3. The van der Waals surface area contributed by atoms with Crippen molar-refractivity contribution in [3.63, 3.8) is 0 Å². The van der Waals surface area contributed by atoms with Crippen LogP contribution < -0.4 is 5.73 Å². The molecule has 8 heavy (non-hydrogen) atoms. The molecule has 3 heteroatoms. The van der Waals surface area contributed by atoms with Crippen LogP contribution in [-0.2, 0) is 0 Å². The third-order valence-corrected chi connectivity index (χ3v) is 1.19. The van der Waals surface area contributed by atoms with Crippen molar-refractivity contribution in [3.05, 3.63) is 0 Å². The zero-order valence-corrected chi connectivity index (χ0v) is 5.04. The Morgan fingerprint density at radius 3 is 3.00 bits per heavy atom. The van der Waals surface area contributed by atoms with Crippen LogP contribution >= 0.6 is 0 Å². The number of rotatable bonds is 0. The van der Waals surface area contributed by atoms with Crippen LogP contribution in [-0.4, -0.2) is 30.9 Å². The van der Waals surface area contributed by atoms with E-state index in [-0.39, 0.29) is 6.04 Å². The normalized spacial score (nSPS) is 28.8. The Labute approximate surface area is 49.2 Å². The second-order valence-corrected chi connectivity index (χ2v) is 2.13. The van der Waals surface area contributed by atoms with Crippen molar-refractivity contribution in [2.45, 2.75) is 12.5 Å². The zero-order chi connectivity index (χ0) is 5.98. The third kappa shape index (κ3) is 1.20. The van der Waals surface area contributed by atoms with E-state index in [0.717, 1.165) is 13.0 Å². The maximum Gasteiger partial charge on any atom is 0.0512 e. The van der Waals surface area contributed by atoms with Crippen LogP contribution in [0.5, 0.6) is 0 Å². The second kappa shape index (κ2) is 2.13. The minimum absolute atomic E-state index is 0.289. The molecule has 0 amide bonds. The van der Waals surface area contributed by atoms with Crippen LogP contribution in [0, 0.1) is 0 Å². The first-order chi connectivity index (χ1) is 3.79. The van der Waals surface area contributed by atoms with Crippen molar-refractivity contribution in [2.24, 2.45) is 10.8 Å². The Balaban J connectivity index is 2.42. The van der Waals surface area contributed by atoms with Crippen LogP contribution in [0.1, 0.15) is 6.42 Å². The van der Waals surface area contributed by atoms with Gasteiger partial charge in [-0.1, -0.05) is 0 Å². The molecule has 0 aromatic heterocycles. The monoisotopic (exact) mass is 113 g/mol. The highest BCUT2D eigenvalue weighted by Crippen LogP contribution is 1.96. The summed E-state index contributed by atoms with van der Waals surface area (Å²) in [5, 5.41) is 5.86. The number of nitrogens with two attached hydrogens (primary N) is 1. The molecular weight excluding hydrogens is 102 g/mol. The van der Waals surface area contributed by atoms with Gasteiger partial charge in [-0.3, -0.25) is 5.01 Å². The van der Waals surface area contributed by atoms with E-state index < -0.39 is 0 Å². The van der Waals surface area contributed by atoms with Crippen molar-refractivity contribution >= 4 is 6.21 Å². The van der Waals surface area contributed by atoms with Crippen LogP contribution in [0.4, 0.5) is 0 Å². The molecule has 1 aliphatic heterocycles. The van der Waals surface area contributed by atoms with E-state index in [0.29, 0.717) is 0 Å². The Kier molecular flexibility index (Phi) is 1.48. The topological polar surface area (TPSA) is 41.6 Å². The highest BCUT2D eigenvalue weighted by molar-refractivity contribution is 5.58. The molecule has 0 saturated carbocycles. The van der Waals surface area contributed by atoms with Gasteiger partial charge in [0.05, 0.1) is 6.54 Å². The number of hydrazone groups is 1. The predicted octanol–water partition coefficient (Wildman–Crippen LogP) is -0.365. The molecule has 1 atom stereocenters. The van der Waals surface area contributed by atoms with E-state index in [1.54, 1.807) is 0 Å². The first-order valence-corrected chi connectivity index (χ1v) is 2.78. The van der Waals surface area contributed by atoms with Crippen molar-refractivity contribution in [2.75, 3.05) is 13.6 Å². The molecule has 0 radical (unpaired) electrons. The lowest BCUT2D eigenvalue weighted by molar-refractivity contribution is 0.315. The molecule has 0 aromatic rings. The van der Waals surface area contributed by atoms with Gasteiger partial charge in [-0.05, 0) is 0 Å². The summed E-state index contributed by atoms with van der Waals surface area (Å²) in [6.45, 7) is 0.885. The molecule has 2 N–H and O–H groups in total. The largest absolute Gasteiger partial charge is 0.326 e. The molecule has 0 fully saturated rings. The molecule has 0 aliphatic carbocycles. The molecule has 0 saturated heterocycles. The van der Waals surface area contributed by atoms with Gasteiger partial charge < -0.3 is 5.73 Å². The first-order valence-electron chi connectivity index (χ1n) is 2.78. The van der Waals surface area contributed by atoms with Gasteiger partial charge in [0, 0.05) is 25.7 Å². The summed E-state index contributed by atoms with van der Waals surface area (Å²) in [7, 11) is 1.93. The van der Waals surface area contributed by atoms with Crippen molar-refractivity contribution < 1.29 is 0 Å². The maximum absolute atomic E-state index is 5.59. The summed E-state index contributed by atoms with van der Waals surface area (Å²) < 4.78 is 0. The maximum atomic E-state index is 5.59. The average Bonchev–Trinajstić information content (AvgIpc) is 1.64. The molecule has 0 bridgehead atoms. The summed E-state index contributed by atoms with van der Waals surface area (Å²) >= 11 is 0. The van der Waals surface area contributed by atoms with Crippen molar-refractivity contribution in [1.29, 1.82) is 0 Å². The van der Waals surface area contributed by atoms with E-state index in [4.69, 9.17) is 5.73 Å². The molecule has 1 heterocycles. The minimum Gasteiger partial charge on any atom is -0.326 e. The molecular formula is C5H11N3. The average molecular weight is 113 g/mol. The van der Waals surface area contributed by atoms with Gasteiger partial charge in [0.15, 0.2) is 0 Å². The van der Waals surface area contributed by atoms with Gasteiger partial charge in [0.25, 0.3) is 0 Å². The van der Waals surface area contributed by atoms with Crippen LogP contribution in [0.3, 0.4) is 0 Å². The SMILES string of the molecule is CN1CC(N)CC=N1.